The fraction of sp³-hybridized carbons (Fsp3) is 0.292. The number of nitrogens with one attached hydrogen (secondary N) is 1. The Hall–Kier alpha value is -3.61. The average Bonchev–Trinajstić information content (AvgIpc) is 2.97. The summed E-state index contributed by atoms with van der Waals surface area (Å²) >= 11 is 0. The van der Waals surface area contributed by atoms with E-state index in [0.717, 1.165) is 5.56 Å². The lowest BCUT2D eigenvalue weighted by Gasteiger charge is -2.15. The molecule has 2 atom stereocenters. The number of carbonyl (C=O) groups excluding carboxylic acids is 2. The SMILES string of the molecule is Cc1c(NC(=O)[C@H](C)OC(=O)C[C@@H](C)c2ccccc2)c(=O)n(-c2ccccc2)n1C. The van der Waals surface area contributed by atoms with E-state index in [9.17, 15) is 14.4 Å². The molecule has 0 bridgehead atoms. The van der Waals surface area contributed by atoms with Gasteiger partial charge in [-0.3, -0.25) is 19.1 Å². The highest BCUT2D eigenvalue weighted by Gasteiger charge is 2.24. The van der Waals surface area contributed by atoms with Crippen molar-refractivity contribution < 1.29 is 14.3 Å². The summed E-state index contributed by atoms with van der Waals surface area (Å²) < 4.78 is 8.46. The molecule has 3 rings (SSSR count). The van der Waals surface area contributed by atoms with Gasteiger partial charge < -0.3 is 10.1 Å². The minimum atomic E-state index is -1.03. The Bertz CT molecular complexity index is 1120. The van der Waals surface area contributed by atoms with E-state index >= 15 is 0 Å². The van der Waals surface area contributed by atoms with Crippen molar-refractivity contribution in [1.29, 1.82) is 0 Å². The third-order valence-corrected chi connectivity index (χ3v) is 5.32. The number of nitrogens with zero attached hydrogens (tertiary/aromatic N) is 2. The standard InChI is InChI=1S/C24H27N3O4/c1-16(19-11-7-5-8-12-19)15-21(28)31-18(3)23(29)25-22-17(2)26(4)27(24(22)30)20-13-9-6-10-14-20/h5-14,16,18H,15H2,1-4H3,(H,25,29)/t16-,18+/m1/s1. The molecule has 0 unspecified atom stereocenters. The van der Waals surface area contributed by atoms with Gasteiger partial charge in [-0.25, -0.2) is 4.68 Å². The van der Waals surface area contributed by atoms with Crippen LogP contribution in [-0.4, -0.2) is 27.3 Å². The molecule has 0 aliphatic carbocycles. The average molecular weight is 421 g/mol. The first kappa shape index (κ1) is 22.1. The van der Waals surface area contributed by atoms with Gasteiger partial charge in [0.1, 0.15) is 5.69 Å². The van der Waals surface area contributed by atoms with Crippen molar-refractivity contribution in [2.75, 3.05) is 5.32 Å². The van der Waals surface area contributed by atoms with Crippen LogP contribution >= 0.6 is 0 Å². The van der Waals surface area contributed by atoms with Crippen LogP contribution in [0.4, 0.5) is 5.69 Å². The Labute approximate surface area is 181 Å². The Kier molecular flexibility index (Phi) is 6.74. The van der Waals surface area contributed by atoms with E-state index in [4.69, 9.17) is 4.74 Å². The number of hydrogen-bond donors (Lipinski definition) is 1. The number of benzene rings is 2. The first-order valence-corrected chi connectivity index (χ1v) is 10.2. The molecule has 1 N–H and O–H groups in total. The van der Waals surface area contributed by atoms with Crippen molar-refractivity contribution in [2.24, 2.45) is 7.05 Å². The first-order chi connectivity index (χ1) is 14.8. The maximum Gasteiger partial charge on any atom is 0.307 e. The highest BCUT2D eigenvalue weighted by Crippen LogP contribution is 2.20. The zero-order chi connectivity index (χ0) is 22.5. The van der Waals surface area contributed by atoms with Gasteiger partial charge in [-0.1, -0.05) is 55.5 Å². The maximum atomic E-state index is 12.9. The van der Waals surface area contributed by atoms with Gasteiger partial charge in [-0.05, 0) is 37.5 Å². The molecule has 0 aliphatic heterocycles. The highest BCUT2D eigenvalue weighted by atomic mass is 16.5. The van der Waals surface area contributed by atoms with Gasteiger partial charge in [-0.15, -0.1) is 0 Å². The Morgan fingerprint density at radius 3 is 2.19 bits per heavy atom. The maximum absolute atomic E-state index is 12.9. The molecule has 2 aromatic carbocycles. The summed E-state index contributed by atoms with van der Waals surface area (Å²) in [6.45, 7) is 5.17. The molecule has 7 heteroatoms. The van der Waals surface area contributed by atoms with Gasteiger partial charge in [0, 0.05) is 7.05 Å². The third-order valence-electron chi connectivity index (χ3n) is 5.32. The number of anilines is 1. The van der Waals surface area contributed by atoms with Crippen molar-refractivity contribution >= 4 is 17.6 Å². The van der Waals surface area contributed by atoms with Gasteiger partial charge in [0.05, 0.1) is 17.8 Å². The second-order valence-corrected chi connectivity index (χ2v) is 7.57. The van der Waals surface area contributed by atoms with Crippen molar-refractivity contribution in [1.82, 2.24) is 9.36 Å². The van der Waals surface area contributed by atoms with E-state index in [1.807, 2.05) is 67.6 Å². The Morgan fingerprint density at radius 1 is 1.00 bits per heavy atom. The molecule has 3 aromatic rings. The predicted octanol–water partition coefficient (Wildman–Crippen LogP) is 3.55. The summed E-state index contributed by atoms with van der Waals surface area (Å²) in [6, 6.07) is 18.8. The molecule has 7 nitrogen and oxygen atoms in total. The van der Waals surface area contributed by atoms with E-state index in [-0.39, 0.29) is 23.6 Å². The zero-order valence-electron chi connectivity index (χ0n) is 18.2. The molecule has 1 amide bonds. The quantitative estimate of drug-likeness (QED) is 0.592. The smallest absolute Gasteiger partial charge is 0.307 e. The normalized spacial score (nSPS) is 12.8. The second kappa shape index (κ2) is 9.47. The van der Waals surface area contributed by atoms with E-state index < -0.39 is 18.0 Å². The van der Waals surface area contributed by atoms with Crippen LogP contribution in [0, 0.1) is 6.92 Å². The monoisotopic (exact) mass is 421 g/mol. The Balaban J connectivity index is 1.67. The number of hydrogen-bond acceptors (Lipinski definition) is 4. The van der Waals surface area contributed by atoms with Crippen molar-refractivity contribution in [3.63, 3.8) is 0 Å². The molecule has 0 spiro atoms. The van der Waals surface area contributed by atoms with Crippen molar-refractivity contribution in [2.45, 2.75) is 39.2 Å². The van der Waals surface area contributed by atoms with Gasteiger partial charge in [0.15, 0.2) is 6.10 Å². The van der Waals surface area contributed by atoms with Crippen LogP contribution in [0.2, 0.25) is 0 Å². The minimum absolute atomic E-state index is 0.0293. The number of esters is 1. The highest BCUT2D eigenvalue weighted by molar-refractivity contribution is 5.95. The van der Waals surface area contributed by atoms with E-state index in [0.29, 0.717) is 11.4 Å². The van der Waals surface area contributed by atoms with Crippen LogP contribution < -0.4 is 10.9 Å². The molecule has 162 valence electrons. The topological polar surface area (TPSA) is 82.3 Å². The summed E-state index contributed by atoms with van der Waals surface area (Å²) in [5.74, 6) is -1.05. The largest absolute Gasteiger partial charge is 0.453 e. The van der Waals surface area contributed by atoms with Gasteiger partial charge in [0.25, 0.3) is 11.5 Å². The predicted molar refractivity (Wildman–Crippen MR) is 119 cm³/mol. The molecular formula is C24H27N3O4. The van der Waals surface area contributed by atoms with Crippen molar-refractivity contribution in [3.8, 4) is 5.69 Å². The summed E-state index contributed by atoms with van der Waals surface area (Å²) in [5.41, 5.74) is 2.12. The molecule has 0 saturated heterocycles. The molecule has 31 heavy (non-hydrogen) atoms. The lowest BCUT2D eigenvalue weighted by Crippen LogP contribution is -2.32. The molecule has 1 aromatic heterocycles. The number of ether oxygens (including phenoxy) is 1. The molecule has 0 radical (unpaired) electrons. The molecule has 0 fully saturated rings. The van der Waals surface area contributed by atoms with E-state index in [2.05, 4.69) is 5.32 Å². The summed E-state index contributed by atoms with van der Waals surface area (Å²) in [7, 11) is 1.74. The van der Waals surface area contributed by atoms with Crippen LogP contribution in [0.1, 0.15) is 37.4 Å². The van der Waals surface area contributed by atoms with Crippen LogP contribution in [0.5, 0.6) is 0 Å². The first-order valence-electron chi connectivity index (χ1n) is 10.2. The third kappa shape index (κ3) is 4.94. The Morgan fingerprint density at radius 2 is 1.58 bits per heavy atom. The van der Waals surface area contributed by atoms with Crippen molar-refractivity contribution in [3.05, 3.63) is 82.3 Å². The van der Waals surface area contributed by atoms with Gasteiger partial charge in [0.2, 0.25) is 0 Å². The fourth-order valence-electron chi connectivity index (χ4n) is 3.39. The number of rotatable bonds is 7. The zero-order valence-corrected chi connectivity index (χ0v) is 18.2. The number of para-hydroxylation sites is 1. The lowest BCUT2D eigenvalue weighted by molar-refractivity contribution is -0.153. The summed E-state index contributed by atoms with van der Waals surface area (Å²) in [4.78, 5) is 37.8. The van der Waals surface area contributed by atoms with E-state index in [1.165, 1.54) is 11.6 Å². The number of amides is 1. The van der Waals surface area contributed by atoms with Crippen LogP contribution in [0.15, 0.2) is 65.5 Å². The fourth-order valence-corrected chi connectivity index (χ4v) is 3.39. The molecule has 1 heterocycles. The van der Waals surface area contributed by atoms with Gasteiger partial charge >= 0.3 is 5.97 Å². The minimum Gasteiger partial charge on any atom is -0.453 e. The number of carbonyl (C=O) groups is 2. The molecule has 0 aliphatic rings. The summed E-state index contributed by atoms with van der Waals surface area (Å²) in [5, 5.41) is 2.63. The van der Waals surface area contributed by atoms with Crippen LogP contribution in [0.3, 0.4) is 0 Å². The van der Waals surface area contributed by atoms with E-state index in [1.54, 1.807) is 18.7 Å². The van der Waals surface area contributed by atoms with Crippen LogP contribution in [-0.2, 0) is 21.4 Å². The molecular weight excluding hydrogens is 394 g/mol. The van der Waals surface area contributed by atoms with Crippen LogP contribution in [0.25, 0.3) is 5.69 Å². The van der Waals surface area contributed by atoms with Gasteiger partial charge in [-0.2, -0.15) is 0 Å². The molecule has 0 saturated carbocycles. The summed E-state index contributed by atoms with van der Waals surface area (Å²) in [6.07, 6.45) is -0.869. The lowest BCUT2D eigenvalue weighted by atomic mass is 9.98. The second-order valence-electron chi connectivity index (χ2n) is 7.57. The number of aromatic nitrogens is 2.